The predicted octanol–water partition coefficient (Wildman–Crippen LogP) is 4.33. The molecule has 1 amide bonds. The molecular formula is C26H25N3O3. The van der Waals surface area contributed by atoms with Gasteiger partial charge >= 0.3 is 0 Å². The maximum Gasteiger partial charge on any atom is 0.274 e. The van der Waals surface area contributed by atoms with Crippen molar-refractivity contribution < 1.29 is 9.90 Å². The van der Waals surface area contributed by atoms with E-state index in [9.17, 15) is 14.7 Å². The molecule has 0 saturated heterocycles. The fraction of sp³-hybridized carbons (Fsp3) is 0.231. The van der Waals surface area contributed by atoms with Gasteiger partial charge in [-0.1, -0.05) is 31.2 Å². The van der Waals surface area contributed by atoms with Crippen LogP contribution in [0.3, 0.4) is 0 Å². The molecule has 1 fully saturated rings. The summed E-state index contributed by atoms with van der Waals surface area (Å²) in [5.74, 6) is -0.225. The summed E-state index contributed by atoms with van der Waals surface area (Å²) >= 11 is 0. The number of aliphatic hydroxyl groups excluding tert-OH is 1. The van der Waals surface area contributed by atoms with Gasteiger partial charge in [0.1, 0.15) is 5.52 Å². The number of pyridine rings is 1. The van der Waals surface area contributed by atoms with Crippen LogP contribution < -0.4 is 10.9 Å². The van der Waals surface area contributed by atoms with Gasteiger partial charge < -0.3 is 20.0 Å². The van der Waals surface area contributed by atoms with E-state index < -0.39 is 0 Å². The fourth-order valence-corrected chi connectivity index (χ4v) is 4.30. The van der Waals surface area contributed by atoms with E-state index in [-0.39, 0.29) is 23.5 Å². The molecule has 1 aliphatic carbocycles. The summed E-state index contributed by atoms with van der Waals surface area (Å²) in [6.07, 6.45) is 5.86. The summed E-state index contributed by atoms with van der Waals surface area (Å²) in [6, 6.07) is 15.1. The van der Waals surface area contributed by atoms with Crippen LogP contribution in [0.2, 0.25) is 0 Å². The van der Waals surface area contributed by atoms with Crippen LogP contribution in [-0.4, -0.2) is 20.6 Å². The van der Waals surface area contributed by atoms with Crippen LogP contribution in [0.15, 0.2) is 65.7 Å². The number of carbonyl (C=O) groups excluding carboxylic acids is 1. The van der Waals surface area contributed by atoms with E-state index in [1.165, 1.54) is 23.0 Å². The number of anilines is 1. The molecule has 162 valence electrons. The van der Waals surface area contributed by atoms with Crippen LogP contribution in [0, 0.1) is 0 Å². The quantitative estimate of drug-likeness (QED) is 0.443. The molecule has 1 saturated carbocycles. The number of carbonyl (C=O) groups is 1. The van der Waals surface area contributed by atoms with Gasteiger partial charge in [-0.2, -0.15) is 0 Å². The minimum absolute atomic E-state index is 0.118. The lowest BCUT2D eigenvalue weighted by Gasteiger charge is -2.16. The number of nitrogens with zero attached hydrogens (tertiary/aromatic N) is 1. The average molecular weight is 428 g/mol. The number of aromatic amines is 1. The molecule has 0 bridgehead atoms. The van der Waals surface area contributed by atoms with Crippen LogP contribution in [0.5, 0.6) is 0 Å². The van der Waals surface area contributed by atoms with Crippen LogP contribution in [0.25, 0.3) is 22.0 Å². The molecule has 5 rings (SSSR count). The number of H-pyrrole nitrogens is 1. The van der Waals surface area contributed by atoms with Gasteiger partial charge in [0.05, 0.1) is 6.61 Å². The fourth-order valence-electron chi connectivity index (χ4n) is 4.30. The van der Waals surface area contributed by atoms with Crippen LogP contribution in [-0.2, 0) is 19.1 Å². The molecule has 0 radical (unpaired) electrons. The van der Waals surface area contributed by atoms with Crippen molar-refractivity contribution in [3.05, 3.63) is 88.0 Å². The predicted molar refractivity (Wildman–Crippen MR) is 126 cm³/mol. The van der Waals surface area contributed by atoms with Crippen molar-refractivity contribution in [1.29, 1.82) is 0 Å². The Morgan fingerprint density at radius 3 is 2.56 bits per heavy atom. The summed E-state index contributed by atoms with van der Waals surface area (Å²) in [6.45, 7) is 1.99. The molecule has 2 aromatic heterocycles. The molecule has 2 heterocycles. The lowest BCUT2D eigenvalue weighted by molar-refractivity contribution is 0.102. The van der Waals surface area contributed by atoms with Gasteiger partial charge in [-0.05, 0) is 53.6 Å². The number of hydrogen-bond acceptors (Lipinski definition) is 3. The Bertz CT molecular complexity index is 1390. The maximum atomic E-state index is 12.9. The number of benzene rings is 2. The second-order valence-corrected chi connectivity index (χ2v) is 8.81. The molecule has 1 aliphatic rings. The SMILES string of the molecule is Cn1cc(-c2cccc(NC(=O)c3ccc(C4(C)CC4)cc3)c2CO)c2cc[nH]c2c1=O. The standard InChI is InChI=1S/C26H25N3O3/c1-26(11-12-26)17-8-6-16(7-9-17)24(31)28-22-5-3-4-18(21(22)15-30)20-14-29(2)25(32)23-19(20)10-13-27-23/h3-10,13-14,27,30H,11-12,15H2,1-2H3,(H,28,31). The van der Waals surface area contributed by atoms with Gasteiger partial charge in [-0.3, -0.25) is 9.59 Å². The molecule has 0 unspecified atom stereocenters. The Hall–Kier alpha value is -3.64. The lowest BCUT2D eigenvalue weighted by Crippen LogP contribution is -2.17. The van der Waals surface area contributed by atoms with Crippen molar-refractivity contribution in [3.8, 4) is 11.1 Å². The van der Waals surface area contributed by atoms with Gasteiger partial charge in [-0.25, -0.2) is 0 Å². The highest BCUT2D eigenvalue weighted by molar-refractivity contribution is 6.05. The highest BCUT2D eigenvalue weighted by atomic mass is 16.3. The molecule has 32 heavy (non-hydrogen) atoms. The second-order valence-electron chi connectivity index (χ2n) is 8.81. The number of amides is 1. The van der Waals surface area contributed by atoms with Crippen molar-refractivity contribution in [2.45, 2.75) is 31.8 Å². The van der Waals surface area contributed by atoms with Gasteiger partial charge in [0.2, 0.25) is 0 Å². The maximum absolute atomic E-state index is 12.9. The Morgan fingerprint density at radius 1 is 1.12 bits per heavy atom. The van der Waals surface area contributed by atoms with E-state index in [1.807, 2.05) is 42.5 Å². The van der Waals surface area contributed by atoms with E-state index in [4.69, 9.17) is 0 Å². The number of aryl methyl sites for hydroxylation is 1. The Morgan fingerprint density at radius 2 is 1.88 bits per heavy atom. The van der Waals surface area contributed by atoms with E-state index in [1.54, 1.807) is 25.5 Å². The molecule has 6 heteroatoms. The van der Waals surface area contributed by atoms with Crippen molar-refractivity contribution in [3.63, 3.8) is 0 Å². The van der Waals surface area contributed by atoms with Crippen molar-refractivity contribution in [2.24, 2.45) is 7.05 Å². The minimum atomic E-state index is -0.252. The van der Waals surface area contributed by atoms with E-state index in [0.717, 1.165) is 16.5 Å². The normalized spacial score (nSPS) is 14.5. The third kappa shape index (κ3) is 3.33. The van der Waals surface area contributed by atoms with Gasteiger partial charge in [0.25, 0.3) is 11.5 Å². The third-order valence-electron chi connectivity index (χ3n) is 6.61. The monoisotopic (exact) mass is 427 g/mol. The van der Waals surface area contributed by atoms with Crippen molar-refractivity contribution in [2.75, 3.05) is 5.32 Å². The van der Waals surface area contributed by atoms with Crippen molar-refractivity contribution in [1.82, 2.24) is 9.55 Å². The largest absolute Gasteiger partial charge is 0.392 e. The lowest BCUT2D eigenvalue weighted by atomic mass is 9.96. The highest BCUT2D eigenvalue weighted by Gasteiger charge is 2.38. The smallest absolute Gasteiger partial charge is 0.274 e. The van der Waals surface area contributed by atoms with Gasteiger partial charge in [-0.15, -0.1) is 0 Å². The first-order chi connectivity index (χ1) is 15.4. The minimum Gasteiger partial charge on any atom is -0.392 e. The second kappa shape index (κ2) is 7.50. The van der Waals surface area contributed by atoms with Crippen LogP contribution >= 0.6 is 0 Å². The van der Waals surface area contributed by atoms with Crippen LogP contribution in [0.1, 0.15) is 41.3 Å². The zero-order chi connectivity index (χ0) is 22.5. The average Bonchev–Trinajstić information content (AvgIpc) is 3.36. The van der Waals surface area contributed by atoms with E-state index >= 15 is 0 Å². The summed E-state index contributed by atoms with van der Waals surface area (Å²) in [7, 11) is 1.70. The molecule has 3 N–H and O–H groups in total. The summed E-state index contributed by atoms with van der Waals surface area (Å²) in [4.78, 5) is 28.3. The molecule has 0 atom stereocenters. The summed E-state index contributed by atoms with van der Waals surface area (Å²) in [5, 5.41) is 13.9. The number of aromatic nitrogens is 2. The van der Waals surface area contributed by atoms with Crippen LogP contribution in [0.4, 0.5) is 5.69 Å². The van der Waals surface area contributed by atoms with E-state index in [0.29, 0.717) is 22.3 Å². The Labute approximate surface area is 185 Å². The van der Waals surface area contributed by atoms with Gasteiger partial charge in [0.15, 0.2) is 0 Å². The first-order valence-electron chi connectivity index (χ1n) is 10.7. The number of aliphatic hydroxyl groups is 1. The molecule has 2 aromatic carbocycles. The number of rotatable bonds is 5. The van der Waals surface area contributed by atoms with Crippen molar-refractivity contribution >= 4 is 22.5 Å². The molecule has 0 aliphatic heterocycles. The Kier molecular flexibility index (Phi) is 4.75. The number of fused-ring (bicyclic) bond motifs is 1. The first-order valence-corrected chi connectivity index (χ1v) is 10.7. The van der Waals surface area contributed by atoms with E-state index in [2.05, 4.69) is 17.2 Å². The topological polar surface area (TPSA) is 87.1 Å². The number of nitrogens with one attached hydrogen (secondary N) is 2. The first kappa shape index (κ1) is 20.3. The molecule has 4 aromatic rings. The molecule has 0 spiro atoms. The third-order valence-corrected chi connectivity index (χ3v) is 6.61. The molecular weight excluding hydrogens is 402 g/mol. The van der Waals surface area contributed by atoms with Gasteiger partial charge in [0, 0.05) is 47.2 Å². The molecule has 6 nitrogen and oxygen atoms in total. The zero-order valence-corrected chi connectivity index (χ0v) is 18.1. The summed E-state index contributed by atoms with van der Waals surface area (Å²) < 4.78 is 1.52. The number of hydrogen-bond donors (Lipinski definition) is 3. The highest BCUT2D eigenvalue weighted by Crippen LogP contribution is 2.47. The summed E-state index contributed by atoms with van der Waals surface area (Å²) in [5.41, 5.74) is 5.20. The Balaban J connectivity index is 1.51. The zero-order valence-electron chi connectivity index (χ0n) is 18.1.